The van der Waals surface area contributed by atoms with Crippen LogP contribution in [-0.2, 0) is 4.79 Å². The Morgan fingerprint density at radius 3 is 2.39 bits per heavy atom. The molecule has 8 heteroatoms. The Bertz CT molecular complexity index is 1460. The minimum Gasteiger partial charge on any atom is -0.331 e. The largest absolute Gasteiger partial charge is 0.332 e. The van der Waals surface area contributed by atoms with Gasteiger partial charge in [0.2, 0.25) is 0 Å². The summed E-state index contributed by atoms with van der Waals surface area (Å²) < 4.78 is 0. The molecule has 3 aliphatic rings. The molecule has 0 aliphatic carbocycles. The Labute approximate surface area is 213 Å². The predicted molar refractivity (Wildman–Crippen MR) is 135 cm³/mol. The summed E-state index contributed by atoms with van der Waals surface area (Å²) in [6.45, 7) is 2.08. The van der Waals surface area contributed by atoms with Gasteiger partial charge in [-0.05, 0) is 54.3 Å². The van der Waals surface area contributed by atoms with Crippen LogP contribution in [0.15, 0.2) is 66.7 Å². The fourth-order valence-electron chi connectivity index (χ4n) is 5.72. The number of likely N-dealkylation sites (tertiary alicyclic amines) is 1. The number of hydrogen-bond donors (Lipinski definition) is 0. The Kier molecular flexibility index (Phi) is 5.09. The number of carbonyl (C=O) groups is 3. The molecule has 3 aromatic rings. The summed E-state index contributed by atoms with van der Waals surface area (Å²) in [5.74, 6) is -0.508. The van der Waals surface area contributed by atoms with Crippen molar-refractivity contribution in [3.05, 3.63) is 88.4 Å². The van der Waals surface area contributed by atoms with Gasteiger partial charge >= 0.3 is 6.03 Å². The van der Waals surface area contributed by atoms with E-state index in [1.807, 2.05) is 60.7 Å². The Morgan fingerprint density at radius 1 is 1.00 bits per heavy atom. The number of benzene rings is 3. The molecule has 6 rings (SSSR count). The summed E-state index contributed by atoms with van der Waals surface area (Å²) in [5, 5.41) is 9.46. The third-order valence-electron chi connectivity index (χ3n) is 7.48. The standard InChI is InChI=1S/C28H21ClN4O3/c1-16-22(12-11-20(14-30)24(16)29)33-27(35)25-23-13-21(32(25)28(33)36)15-31(23)26(34)19-9-7-18(8-10-19)17-5-3-2-4-6-17/h2-12,21,23,25H,13,15H2,1H3/t21-,23?,25?/m1/s1. The topological polar surface area (TPSA) is 84.7 Å². The van der Waals surface area contributed by atoms with Gasteiger partial charge in [-0.3, -0.25) is 9.59 Å². The zero-order chi connectivity index (χ0) is 25.1. The zero-order valence-corrected chi connectivity index (χ0v) is 20.1. The van der Waals surface area contributed by atoms with Gasteiger partial charge in [-0.1, -0.05) is 54.1 Å². The van der Waals surface area contributed by atoms with E-state index in [0.29, 0.717) is 29.8 Å². The van der Waals surface area contributed by atoms with Crippen molar-refractivity contribution in [1.82, 2.24) is 9.80 Å². The minimum absolute atomic E-state index is 0.141. The molecular weight excluding hydrogens is 476 g/mol. The molecule has 3 aliphatic heterocycles. The highest BCUT2D eigenvalue weighted by Gasteiger charge is 2.63. The predicted octanol–water partition coefficient (Wildman–Crippen LogP) is 4.62. The quantitative estimate of drug-likeness (QED) is 0.495. The van der Waals surface area contributed by atoms with Crippen molar-refractivity contribution in [2.45, 2.75) is 31.5 Å². The van der Waals surface area contributed by atoms with E-state index in [1.54, 1.807) is 22.8 Å². The second kappa shape index (κ2) is 8.21. The number of amides is 4. The van der Waals surface area contributed by atoms with Crippen molar-refractivity contribution in [1.29, 1.82) is 5.26 Å². The number of fused-ring (bicyclic) bond motifs is 5. The lowest BCUT2D eigenvalue weighted by molar-refractivity contribution is -0.121. The molecule has 3 saturated heterocycles. The number of rotatable bonds is 3. The fourth-order valence-corrected chi connectivity index (χ4v) is 5.92. The SMILES string of the molecule is Cc1c(N2C(=O)C3C4C[C@H](CN4C(=O)c4ccc(-c5ccccc5)cc4)N3C2=O)ccc(C#N)c1Cl. The van der Waals surface area contributed by atoms with Crippen LogP contribution in [0, 0.1) is 18.3 Å². The van der Waals surface area contributed by atoms with Gasteiger partial charge in [0.1, 0.15) is 12.1 Å². The van der Waals surface area contributed by atoms with Gasteiger partial charge in [-0.15, -0.1) is 0 Å². The van der Waals surface area contributed by atoms with Crippen LogP contribution in [0.25, 0.3) is 11.1 Å². The Balaban J connectivity index is 1.26. The summed E-state index contributed by atoms with van der Waals surface area (Å²) in [6.07, 6.45) is 0.580. The van der Waals surface area contributed by atoms with Crippen LogP contribution in [0.2, 0.25) is 5.02 Å². The molecule has 178 valence electrons. The van der Waals surface area contributed by atoms with Crippen LogP contribution in [0.5, 0.6) is 0 Å². The first-order chi connectivity index (χ1) is 17.4. The summed E-state index contributed by atoms with van der Waals surface area (Å²) in [4.78, 5) is 44.8. The van der Waals surface area contributed by atoms with E-state index in [1.165, 1.54) is 6.07 Å². The van der Waals surface area contributed by atoms with E-state index in [0.717, 1.165) is 16.0 Å². The average molecular weight is 497 g/mol. The lowest BCUT2D eigenvalue weighted by atomic mass is 10.0. The second-order valence-electron chi connectivity index (χ2n) is 9.35. The summed E-state index contributed by atoms with van der Waals surface area (Å²) >= 11 is 6.31. The molecule has 0 N–H and O–H groups in total. The molecule has 7 nitrogen and oxygen atoms in total. The molecule has 0 spiro atoms. The van der Waals surface area contributed by atoms with Crippen molar-refractivity contribution in [3.8, 4) is 17.2 Å². The number of nitriles is 1. The second-order valence-corrected chi connectivity index (χ2v) is 9.73. The number of imide groups is 1. The molecule has 2 unspecified atom stereocenters. The summed E-state index contributed by atoms with van der Waals surface area (Å²) in [7, 11) is 0. The average Bonchev–Trinajstić information content (AvgIpc) is 3.57. The number of nitrogens with zero attached hydrogens (tertiary/aromatic N) is 4. The van der Waals surface area contributed by atoms with Crippen molar-refractivity contribution in [2.24, 2.45) is 0 Å². The van der Waals surface area contributed by atoms with E-state index >= 15 is 0 Å². The van der Waals surface area contributed by atoms with Crippen LogP contribution >= 0.6 is 11.6 Å². The van der Waals surface area contributed by atoms with Gasteiger partial charge < -0.3 is 9.80 Å². The Morgan fingerprint density at radius 2 is 1.69 bits per heavy atom. The highest BCUT2D eigenvalue weighted by Crippen LogP contribution is 2.44. The van der Waals surface area contributed by atoms with Crippen molar-refractivity contribution in [3.63, 3.8) is 0 Å². The van der Waals surface area contributed by atoms with Gasteiger partial charge in [0.15, 0.2) is 0 Å². The molecule has 3 atom stereocenters. The Hall–Kier alpha value is -4.15. The van der Waals surface area contributed by atoms with Gasteiger partial charge in [-0.25, -0.2) is 9.69 Å². The van der Waals surface area contributed by atoms with Gasteiger partial charge in [-0.2, -0.15) is 5.26 Å². The smallest absolute Gasteiger partial charge is 0.331 e. The summed E-state index contributed by atoms with van der Waals surface area (Å²) in [6, 6.07) is 20.8. The number of halogens is 1. The molecule has 3 fully saturated rings. The van der Waals surface area contributed by atoms with Crippen LogP contribution in [-0.4, -0.2) is 52.3 Å². The van der Waals surface area contributed by atoms with Gasteiger partial charge in [0.05, 0.1) is 28.4 Å². The maximum Gasteiger partial charge on any atom is 0.332 e. The van der Waals surface area contributed by atoms with Crippen molar-refractivity contribution in [2.75, 3.05) is 11.4 Å². The molecular formula is C28H21ClN4O3. The summed E-state index contributed by atoms with van der Waals surface area (Å²) in [5.41, 5.74) is 3.80. The van der Waals surface area contributed by atoms with Gasteiger partial charge in [0.25, 0.3) is 11.8 Å². The molecule has 0 radical (unpaired) electrons. The third kappa shape index (κ3) is 3.15. The van der Waals surface area contributed by atoms with Crippen LogP contribution < -0.4 is 4.90 Å². The third-order valence-corrected chi connectivity index (χ3v) is 7.97. The van der Waals surface area contributed by atoms with Crippen molar-refractivity contribution >= 4 is 35.1 Å². The first kappa shape index (κ1) is 22.3. The van der Waals surface area contributed by atoms with Crippen molar-refractivity contribution < 1.29 is 14.4 Å². The van der Waals surface area contributed by atoms with E-state index in [9.17, 15) is 19.6 Å². The number of carbonyl (C=O) groups excluding carboxylic acids is 3. The van der Waals surface area contributed by atoms with E-state index in [2.05, 4.69) is 0 Å². The highest BCUT2D eigenvalue weighted by molar-refractivity contribution is 6.33. The molecule has 4 amide bonds. The molecule has 3 heterocycles. The minimum atomic E-state index is -0.724. The number of piperazine rings is 1. The molecule has 36 heavy (non-hydrogen) atoms. The molecule has 2 bridgehead atoms. The number of anilines is 1. The van der Waals surface area contributed by atoms with E-state index < -0.39 is 12.1 Å². The normalized spacial score (nSPS) is 22.2. The number of urea groups is 1. The zero-order valence-electron chi connectivity index (χ0n) is 19.4. The molecule has 0 saturated carbocycles. The lowest BCUT2D eigenvalue weighted by Crippen LogP contribution is -2.54. The molecule has 3 aromatic carbocycles. The van der Waals surface area contributed by atoms with Gasteiger partial charge in [0, 0.05) is 12.1 Å². The maximum atomic E-state index is 13.5. The lowest BCUT2D eigenvalue weighted by Gasteiger charge is -2.35. The fraction of sp³-hybridized carbons (Fsp3) is 0.214. The first-order valence-electron chi connectivity index (χ1n) is 11.7. The molecule has 0 aromatic heterocycles. The number of hydrogen-bond acceptors (Lipinski definition) is 4. The monoisotopic (exact) mass is 496 g/mol. The van der Waals surface area contributed by atoms with Crippen LogP contribution in [0.1, 0.15) is 27.9 Å². The van der Waals surface area contributed by atoms with E-state index in [4.69, 9.17) is 11.6 Å². The van der Waals surface area contributed by atoms with Crippen LogP contribution in [0.4, 0.5) is 10.5 Å². The van der Waals surface area contributed by atoms with E-state index in [-0.39, 0.29) is 34.5 Å². The first-order valence-corrected chi connectivity index (χ1v) is 12.1. The van der Waals surface area contributed by atoms with Crippen LogP contribution in [0.3, 0.4) is 0 Å². The maximum absolute atomic E-state index is 13.5. The highest BCUT2D eigenvalue weighted by atomic mass is 35.5.